The Labute approximate surface area is 112 Å². The van der Waals surface area contributed by atoms with Crippen molar-refractivity contribution >= 4 is 11.5 Å². The van der Waals surface area contributed by atoms with Crippen LogP contribution in [-0.4, -0.2) is 31.8 Å². The minimum atomic E-state index is -0.371. The van der Waals surface area contributed by atoms with Gasteiger partial charge in [-0.2, -0.15) is 5.10 Å². The van der Waals surface area contributed by atoms with Crippen LogP contribution in [0.3, 0.4) is 0 Å². The number of hydrazine groups is 1. The van der Waals surface area contributed by atoms with Crippen LogP contribution in [0.15, 0.2) is 0 Å². The lowest BCUT2D eigenvalue weighted by molar-refractivity contribution is -0.384. The Morgan fingerprint density at radius 3 is 2.47 bits per heavy atom. The summed E-state index contributed by atoms with van der Waals surface area (Å²) in [5.74, 6) is 0.461. The van der Waals surface area contributed by atoms with Gasteiger partial charge in [-0.1, -0.05) is 6.42 Å². The van der Waals surface area contributed by atoms with Crippen LogP contribution in [0.2, 0.25) is 0 Å². The fraction of sp³-hybridized carbons (Fsp3) is 0.750. The summed E-state index contributed by atoms with van der Waals surface area (Å²) in [6, 6.07) is 0.720. The Morgan fingerprint density at radius 1 is 1.37 bits per heavy atom. The summed E-state index contributed by atoms with van der Waals surface area (Å²) >= 11 is 0. The van der Waals surface area contributed by atoms with Crippen molar-refractivity contribution in [2.45, 2.75) is 52.1 Å². The van der Waals surface area contributed by atoms with E-state index in [4.69, 9.17) is 0 Å². The Balaban J connectivity index is 2.30. The van der Waals surface area contributed by atoms with E-state index in [1.54, 1.807) is 18.7 Å². The number of hydrogen-bond acceptors (Lipinski definition) is 5. The summed E-state index contributed by atoms with van der Waals surface area (Å²) in [4.78, 5) is 10.8. The molecule has 2 heterocycles. The van der Waals surface area contributed by atoms with Gasteiger partial charge < -0.3 is 0 Å². The molecule has 0 saturated carbocycles. The van der Waals surface area contributed by atoms with Gasteiger partial charge in [-0.05, 0) is 33.6 Å². The SMILES string of the molecule is Cc1nn(C)c(NN2C(C)CCCC2C)c1[N+](=O)[O-]. The zero-order valence-corrected chi connectivity index (χ0v) is 11.9. The molecule has 1 N–H and O–H groups in total. The monoisotopic (exact) mass is 267 g/mol. The van der Waals surface area contributed by atoms with Gasteiger partial charge in [0, 0.05) is 19.1 Å². The van der Waals surface area contributed by atoms with Crippen molar-refractivity contribution in [2.75, 3.05) is 5.43 Å². The van der Waals surface area contributed by atoms with Crippen molar-refractivity contribution in [1.29, 1.82) is 0 Å². The molecule has 2 rings (SSSR count). The summed E-state index contributed by atoms with van der Waals surface area (Å²) in [5.41, 5.74) is 3.71. The Hall–Kier alpha value is -1.63. The normalized spacial score (nSPS) is 24.4. The summed E-state index contributed by atoms with van der Waals surface area (Å²) < 4.78 is 1.54. The predicted octanol–water partition coefficient (Wildman–Crippen LogP) is 2.23. The Morgan fingerprint density at radius 2 is 1.95 bits per heavy atom. The molecular formula is C12H21N5O2. The quantitative estimate of drug-likeness (QED) is 0.671. The smallest absolute Gasteiger partial charge is 0.297 e. The second-order valence-electron chi connectivity index (χ2n) is 5.31. The first-order valence-corrected chi connectivity index (χ1v) is 6.64. The van der Waals surface area contributed by atoms with Crippen LogP contribution < -0.4 is 5.43 Å². The molecule has 1 saturated heterocycles. The number of aryl methyl sites for hydroxylation is 2. The zero-order chi connectivity index (χ0) is 14.2. The highest BCUT2D eigenvalue weighted by Crippen LogP contribution is 2.30. The second-order valence-corrected chi connectivity index (χ2v) is 5.31. The van der Waals surface area contributed by atoms with Crippen LogP contribution in [0.1, 0.15) is 38.8 Å². The van der Waals surface area contributed by atoms with Gasteiger partial charge in [0.15, 0.2) is 0 Å². The van der Waals surface area contributed by atoms with Gasteiger partial charge in [0.05, 0.1) is 4.92 Å². The summed E-state index contributed by atoms with van der Waals surface area (Å²) in [6.07, 6.45) is 3.40. The van der Waals surface area contributed by atoms with Gasteiger partial charge in [0.25, 0.3) is 0 Å². The minimum absolute atomic E-state index is 0.0625. The maximum absolute atomic E-state index is 11.2. The first kappa shape index (κ1) is 13.8. The average Bonchev–Trinajstić information content (AvgIpc) is 2.58. The highest BCUT2D eigenvalue weighted by Gasteiger charge is 2.30. The van der Waals surface area contributed by atoms with Crippen LogP contribution >= 0.6 is 0 Å². The maximum atomic E-state index is 11.2. The standard InChI is InChI=1S/C12H21N5O2/c1-8-6-5-7-9(2)16(8)14-12-11(17(18)19)10(3)13-15(12)4/h8-9,14H,5-7H2,1-4H3. The number of anilines is 1. The molecule has 106 valence electrons. The van der Waals surface area contributed by atoms with E-state index in [1.165, 1.54) is 6.42 Å². The average molecular weight is 267 g/mol. The fourth-order valence-corrected chi connectivity index (χ4v) is 2.75. The van der Waals surface area contributed by atoms with Gasteiger partial charge in [-0.15, -0.1) is 0 Å². The molecule has 7 nitrogen and oxygen atoms in total. The number of hydrogen-bond donors (Lipinski definition) is 1. The lowest BCUT2D eigenvalue weighted by Gasteiger charge is -2.39. The summed E-state index contributed by atoms with van der Waals surface area (Å²) in [7, 11) is 1.72. The molecular weight excluding hydrogens is 246 g/mol. The molecule has 0 aromatic carbocycles. The number of nitrogens with zero attached hydrogens (tertiary/aromatic N) is 4. The highest BCUT2D eigenvalue weighted by atomic mass is 16.6. The first-order chi connectivity index (χ1) is 8.91. The van der Waals surface area contributed by atoms with E-state index < -0.39 is 0 Å². The van der Waals surface area contributed by atoms with E-state index in [0.29, 0.717) is 23.6 Å². The third kappa shape index (κ3) is 2.56. The van der Waals surface area contributed by atoms with E-state index in [1.807, 2.05) is 0 Å². The molecule has 0 bridgehead atoms. The fourth-order valence-electron chi connectivity index (χ4n) is 2.75. The van der Waals surface area contributed by atoms with Crippen molar-refractivity contribution in [3.63, 3.8) is 0 Å². The van der Waals surface area contributed by atoms with Crippen LogP contribution in [0.5, 0.6) is 0 Å². The topological polar surface area (TPSA) is 76.2 Å². The van der Waals surface area contributed by atoms with E-state index >= 15 is 0 Å². The third-order valence-corrected chi connectivity index (χ3v) is 3.80. The lowest BCUT2D eigenvalue weighted by atomic mass is 10.00. The van der Waals surface area contributed by atoms with Crippen molar-refractivity contribution in [2.24, 2.45) is 7.05 Å². The first-order valence-electron chi connectivity index (χ1n) is 6.64. The summed E-state index contributed by atoms with van der Waals surface area (Å²) in [6.45, 7) is 5.93. The number of nitro groups is 1. The van der Waals surface area contributed by atoms with Crippen LogP contribution in [0.25, 0.3) is 0 Å². The second kappa shape index (κ2) is 5.16. The molecule has 1 aromatic rings. The molecule has 0 amide bonds. The predicted molar refractivity (Wildman–Crippen MR) is 72.8 cm³/mol. The molecule has 0 radical (unpaired) electrons. The van der Waals surface area contributed by atoms with Crippen LogP contribution in [0, 0.1) is 17.0 Å². The third-order valence-electron chi connectivity index (χ3n) is 3.80. The molecule has 0 aliphatic carbocycles. The molecule has 2 unspecified atom stereocenters. The molecule has 1 aliphatic heterocycles. The van der Waals surface area contributed by atoms with Crippen LogP contribution in [-0.2, 0) is 7.05 Å². The zero-order valence-electron chi connectivity index (χ0n) is 11.9. The molecule has 2 atom stereocenters. The Bertz CT molecular complexity index is 475. The molecule has 19 heavy (non-hydrogen) atoms. The molecule has 0 spiro atoms. The van der Waals surface area contributed by atoms with Gasteiger partial charge in [0.2, 0.25) is 5.82 Å². The van der Waals surface area contributed by atoms with E-state index in [-0.39, 0.29) is 10.6 Å². The van der Waals surface area contributed by atoms with Crippen molar-refractivity contribution in [3.8, 4) is 0 Å². The number of nitrogens with one attached hydrogen (secondary N) is 1. The molecule has 7 heteroatoms. The maximum Gasteiger partial charge on any atom is 0.335 e. The molecule has 1 fully saturated rings. The van der Waals surface area contributed by atoms with Crippen molar-refractivity contribution in [3.05, 3.63) is 15.8 Å². The molecule has 1 aromatic heterocycles. The Kier molecular flexibility index (Phi) is 3.75. The molecule has 1 aliphatic rings. The van der Waals surface area contributed by atoms with Gasteiger partial charge in [0.1, 0.15) is 5.69 Å². The van der Waals surface area contributed by atoms with Gasteiger partial charge >= 0.3 is 5.69 Å². The largest absolute Gasteiger partial charge is 0.335 e. The number of piperidine rings is 1. The van der Waals surface area contributed by atoms with Gasteiger partial charge in [-0.25, -0.2) is 9.69 Å². The highest BCUT2D eigenvalue weighted by molar-refractivity contribution is 5.58. The van der Waals surface area contributed by atoms with Crippen molar-refractivity contribution < 1.29 is 4.92 Å². The number of rotatable bonds is 3. The van der Waals surface area contributed by atoms with Crippen LogP contribution in [0.4, 0.5) is 11.5 Å². The lowest BCUT2D eigenvalue weighted by Crippen LogP contribution is -2.47. The number of aromatic nitrogens is 2. The van der Waals surface area contributed by atoms with E-state index in [9.17, 15) is 10.1 Å². The van der Waals surface area contributed by atoms with E-state index in [0.717, 1.165) is 12.8 Å². The minimum Gasteiger partial charge on any atom is -0.297 e. The van der Waals surface area contributed by atoms with Crippen molar-refractivity contribution in [1.82, 2.24) is 14.8 Å². The van der Waals surface area contributed by atoms with Gasteiger partial charge in [-0.3, -0.25) is 15.5 Å². The summed E-state index contributed by atoms with van der Waals surface area (Å²) in [5, 5.41) is 17.4. The van der Waals surface area contributed by atoms with E-state index in [2.05, 4.69) is 29.4 Å².